The quantitative estimate of drug-likeness (QED) is 0.427. The molecular formula is C26H31N3O3S. The van der Waals surface area contributed by atoms with Gasteiger partial charge in [0.2, 0.25) is 5.82 Å². The summed E-state index contributed by atoms with van der Waals surface area (Å²) in [6, 6.07) is 11.0. The molecule has 1 aromatic carbocycles. The lowest BCUT2D eigenvalue weighted by Gasteiger charge is -2.44. The number of hydrogen-bond acceptors (Lipinski definition) is 7. The van der Waals surface area contributed by atoms with E-state index >= 15 is 0 Å². The average Bonchev–Trinajstić information content (AvgIpc) is 3.41. The standard InChI is InChI=1S/C26H31N3O3S/c1-4-31-26(30)19-14-29(15-19)21-6-5-7-22-20(21)13-23(33-22)24-27-25(32-28-24)18-10-8-17(9-11-18)12-16(2)3/h8-11,13,16,19,21H,4-7,12,14-15H2,1-3H3. The van der Waals surface area contributed by atoms with Gasteiger partial charge in [-0.25, -0.2) is 0 Å². The van der Waals surface area contributed by atoms with Crippen LogP contribution in [0.3, 0.4) is 0 Å². The van der Waals surface area contributed by atoms with Crippen LogP contribution < -0.4 is 0 Å². The Kier molecular flexibility index (Phi) is 6.34. The van der Waals surface area contributed by atoms with Crippen molar-refractivity contribution in [1.29, 1.82) is 0 Å². The molecule has 3 heterocycles. The maximum Gasteiger partial charge on any atom is 0.311 e. The third-order valence-corrected chi connectivity index (χ3v) is 7.75. The Morgan fingerprint density at radius 2 is 2.06 bits per heavy atom. The number of thiophene rings is 1. The van der Waals surface area contributed by atoms with E-state index in [4.69, 9.17) is 14.2 Å². The number of carbonyl (C=O) groups excluding carboxylic acids is 1. The Balaban J connectivity index is 1.30. The van der Waals surface area contributed by atoms with Gasteiger partial charge >= 0.3 is 5.97 Å². The van der Waals surface area contributed by atoms with Crippen molar-refractivity contribution in [3.8, 4) is 22.2 Å². The van der Waals surface area contributed by atoms with Gasteiger partial charge in [0.15, 0.2) is 0 Å². The zero-order valence-corrected chi connectivity index (χ0v) is 20.4. The monoisotopic (exact) mass is 465 g/mol. The number of rotatable bonds is 7. The minimum Gasteiger partial charge on any atom is -0.466 e. The van der Waals surface area contributed by atoms with Crippen molar-refractivity contribution in [2.45, 2.75) is 52.5 Å². The fourth-order valence-electron chi connectivity index (χ4n) is 4.89. The van der Waals surface area contributed by atoms with Gasteiger partial charge in [0, 0.05) is 29.6 Å². The highest BCUT2D eigenvalue weighted by atomic mass is 32.1. The molecule has 1 aliphatic carbocycles. The molecule has 1 atom stereocenters. The highest BCUT2D eigenvalue weighted by molar-refractivity contribution is 7.15. The van der Waals surface area contributed by atoms with Crippen LogP contribution in [0.15, 0.2) is 34.9 Å². The summed E-state index contributed by atoms with van der Waals surface area (Å²) in [5.41, 5.74) is 3.64. The minimum atomic E-state index is -0.0626. The molecule has 0 amide bonds. The molecule has 1 saturated heterocycles. The molecule has 174 valence electrons. The Morgan fingerprint density at radius 3 is 2.79 bits per heavy atom. The van der Waals surface area contributed by atoms with Crippen molar-refractivity contribution in [2.24, 2.45) is 11.8 Å². The van der Waals surface area contributed by atoms with E-state index < -0.39 is 0 Å². The van der Waals surface area contributed by atoms with Crippen LogP contribution in [0.4, 0.5) is 0 Å². The lowest BCUT2D eigenvalue weighted by molar-refractivity contribution is -0.155. The van der Waals surface area contributed by atoms with Crippen LogP contribution in [0.2, 0.25) is 0 Å². The minimum absolute atomic E-state index is 0.0140. The van der Waals surface area contributed by atoms with E-state index in [1.165, 1.54) is 22.4 Å². The van der Waals surface area contributed by atoms with Gasteiger partial charge in [0.25, 0.3) is 5.89 Å². The maximum absolute atomic E-state index is 12.0. The molecule has 0 N–H and O–H groups in total. The summed E-state index contributed by atoms with van der Waals surface area (Å²) >= 11 is 1.77. The first-order valence-corrected chi connectivity index (χ1v) is 12.8. The Labute approximate surface area is 199 Å². The van der Waals surface area contributed by atoms with Crippen molar-refractivity contribution < 1.29 is 14.1 Å². The largest absolute Gasteiger partial charge is 0.466 e. The molecule has 33 heavy (non-hydrogen) atoms. The van der Waals surface area contributed by atoms with E-state index in [0.29, 0.717) is 30.3 Å². The van der Waals surface area contributed by atoms with Gasteiger partial charge in [-0.1, -0.05) is 31.1 Å². The Morgan fingerprint density at radius 1 is 1.27 bits per heavy atom. The molecule has 1 aliphatic heterocycles. The molecule has 7 heteroatoms. The third-order valence-electron chi connectivity index (χ3n) is 6.54. The van der Waals surface area contributed by atoms with E-state index in [2.05, 4.69) is 54.2 Å². The zero-order chi connectivity index (χ0) is 22.9. The Bertz CT molecular complexity index is 1110. The van der Waals surface area contributed by atoms with Gasteiger partial charge in [0.1, 0.15) is 0 Å². The number of likely N-dealkylation sites (tertiary alicyclic amines) is 1. The number of esters is 1. The SMILES string of the molecule is CCOC(=O)C1CN(C2CCCc3sc(-c4noc(-c5ccc(CC(C)C)cc5)n4)cc32)C1. The summed E-state index contributed by atoms with van der Waals surface area (Å²) in [6.07, 6.45) is 4.44. The van der Waals surface area contributed by atoms with Crippen molar-refractivity contribution in [3.63, 3.8) is 0 Å². The topological polar surface area (TPSA) is 68.5 Å². The molecule has 0 radical (unpaired) electrons. The van der Waals surface area contributed by atoms with Crippen LogP contribution >= 0.6 is 11.3 Å². The van der Waals surface area contributed by atoms with Gasteiger partial charge in [-0.05, 0) is 67.9 Å². The zero-order valence-electron chi connectivity index (χ0n) is 19.5. The summed E-state index contributed by atoms with van der Waals surface area (Å²) in [5.74, 6) is 1.80. The maximum atomic E-state index is 12.0. The highest BCUT2D eigenvalue weighted by Crippen LogP contribution is 2.44. The average molecular weight is 466 g/mol. The first kappa shape index (κ1) is 22.3. The number of hydrogen-bond donors (Lipinski definition) is 0. The number of aromatic nitrogens is 2. The molecule has 1 fully saturated rings. The molecule has 0 spiro atoms. The van der Waals surface area contributed by atoms with E-state index in [1.54, 1.807) is 11.3 Å². The van der Waals surface area contributed by atoms with Gasteiger partial charge in [-0.15, -0.1) is 11.3 Å². The third kappa shape index (κ3) is 4.62. The van der Waals surface area contributed by atoms with Crippen LogP contribution in [0.1, 0.15) is 55.7 Å². The van der Waals surface area contributed by atoms with E-state index in [1.807, 2.05) is 6.92 Å². The molecule has 1 unspecified atom stereocenters. The van der Waals surface area contributed by atoms with Crippen LogP contribution in [0, 0.1) is 11.8 Å². The number of ether oxygens (including phenoxy) is 1. The number of benzene rings is 1. The van der Waals surface area contributed by atoms with Crippen LogP contribution in [0.5, 0.6) is 0 Å². The number of carbonyl (C=O) groups is 1. The fraction of sp³-hybridized carbons (Fsp3) is 0.500. The second-order valence-corrected chi connectivity index (χ2v) is 10.7. The predicted molar refractivity (Wildman–Crippen MR) is 129 cm³/mol. The van der Waals surface area contributed by atoms with Crippen LogP contribution in [-0.2, 0) is 22.4 Å². The van der Waals surface area contributed by atoms with E-state index in [0.717, 1.165) is 42.8 Å². The summed E-state index contributed by atoms with van der Waals surface area (Å²) < 4.78 is 10.8. The Hall–Kier alpha value is -2.51. The van der Waals surface area contributed by atoms with Crippen LogP contribution in [-0.4, -0.2) is 40.7 Å². The first-order valence-electron chi connectivity index (χ1n) is 12.0. The van der Waals surface area contributed by atoms with Crippen molar-refractivity contribution in [3.05, 3.63) is 46.3 Å². The van der Waals surface area contributed by atoms with Crippen LogP contribution in [0.25, 0.3) is 22.2 Å². The lowest BCUT2D eigenvalue weighted by atomic mass is 9.88. The van der Waals surface area contributed by atoms with Crippen molar-refractivity contribution in [1.82, 2.24) is 15.0 Å². The van der Waals surface area contributed by atoms with E-state index in [9.17, 15) is 4.79 Å². The van der Waals surface area contributed by atoms with Gasteiger partial charge < -0.3 is 9.26 Å². The molecular weight excluding hydrogens is 434 g/mol. The predicted octanol–water partition coefficient (Wildman–Crippen LogP) is 5.54. The number of nitrogens with zero attached hydrogens (tertiary/aromatic N) is 3. The molecule has 6 nitrogen and oxygen atoms in total. The van der Waals surface area contributed by atoms with Gasteiger partial charge in [-0.3, -0.25) is 9.69 Å². The molecule has 2 aliphatic rings. The van der Waals surface area contributed by atoms with Crippen molar-refractivity contribution in [2.75, 3.05) is 19.7 Å². The number of fused-ring (bicyclic) bond motifs is 1. The smallest absolute Gasteiger partial charge is 0.311 e. The van der Waals surface area contributed by atoms with Gasteiger partial charge in [-0.2, -0.15) is 4.98 Å². The summed E-state index contributed by atoms with van der Waals surface area (Å²) in [7, 11) is 0. The summed E-state index contributed by atoms with van der Waals surface area (Å²) in [4.78, 5) is 21.6. The van der Waals surface area contributed by atoms with Gasteiger partial charge in [0.05, 0.1) is 17.4 Å². The van der Waals surface area contributed by atoms with Crippen molar-refractivity contribution >= 4 is 17.3 Å². The number of aryl methyl sites for hydroxylation is 1. The molecule has 2 aromatic heterocycles. The lowest BCUT2D eigenvalue weighted by Crippen LogP contribution is -2.52. The fourth-order valence-corrected chi connectivity index (χ4v) is 6.08. The summed E-state index contributed by atoms with van der Waals surface area (Å²) in [6.45, 7) is 8.33. The molecule has 5 rings (SSSR count). The first-order chi connectivity index (χ1) is 16.0. The summed E-state index contributed by atoms with van der Waals surface area (Å²) in [5, 5.41) is 4.29. The molecule has 0 saturated carbocycles. The normalized spacial score (nSPS) is 18.8. The van der Waals surface area contributed by atoms with E-state index in [-0.39, 0.29) is 11.9 Å². The second-order valence-electron chi connectivity index (χ2n) is 9.52. The second kappa shape index (κ2) is 9.39. The molecule has 3 aromatic rings. The molecule has 0 bridgehead atoms. The highest BCUT2D eigenvalue weighted by Gasteiger charge is 2.40.